The number of nitrogens with one attached hydrogen (secondary N) is 1. The first-order valence-electron chi connectivity index (χ1n) is 6.16. The smallest absolute Gasteiger partial charge is 0.255 e. The molecule has 1 heterocycles. The van der Waals surface area contributed by atoms with Crippen molar-refractivity contribution in [1.29, 1.82) is 0 Å². The molecule has 1 aliphatic rings. The van der Waals surface area contributed by atoms with E-state index in [0.717, 1.165) is 0 Å². The van der Waals surface area contributed by atoms with Crippen LogP contribution in [0.25, 0.3) is 0 Å². The van der Waals surface area contributed by atoms with Crippen molar-refractivity contribution in [2.75, 3.05) is 6.54 Å². The molecule has 2 rings (SSSR count). The van der Waals surface area contributed by atoms with Gasteiger partial charge < -0.3 is 4.90 Å². The van der Waals surface area contributed by atoms with E-state index >= 15 is 0 Å². The molecule has 0 spiro atoms. The third-order valence-electron chi connectivity index (χ3n) is 3.53. The lowest BCUT2D eigenvalue weighted by molar-refractivity contribution is -0.143. The molecule has 6 heteroatoms. The Morgan fingerprint density at radius 1 is 1.35 bits per heavy atom. The first kappa shape index (κ1) is 14.5. The molecule has 106 valence electrons. The largest absolute Gasteiger partial charge is 0.315 e. The zero-order valence-electron chi connectivity index (χ0n) is 11.5. The average Bonchev–Trinajstić information content (AvgIpc) is 2.37. The highest BCUT2D eigenvalue weighted by Gasteiger charge is 2.44. The van der Waals surface area contributed by atoms with Crippen LogP contribution in [-0.4, -0.2) is 34.7 Å². The highest BCUT2D eigenvalue weighted by Crippen LogP contribution is 2.25. The lowest BCUT2D eigenvalue weighted by atomic mass is 9.96. The van der Waals surface area contributed by atoms with Crippen molar-refractivity contribution in [3.63, 3.8) is 0 Å². The fourth-order valence-electron chi connectivity index (χ4n) is 2.09. The maximum atomic E-state index is 12.6. The van der Waals surface area contributed by atoms with Crippen molar-refractivity contribution >= 4 is 29.3 Å². The van der Waals surface area contributed by atoms with E-state index in [9.17, 15) is 14.4 Å². The lowest BCUT2D eigenvalue weighted by Gasteiger charge is -2.40. The van der Waals surface area contributed by atoms with Gasteiger partial charge in [0.15, 0.2) is 0 Å². The summed E-state index contributed by atoms with van der Waals surface area (Å²) in [7, 11) is 0. The fourth-order valence-corrected chi connectivity index (χ4v) is 2.27. The second-order valence-corrected chi connectivity index (χ2v) is 5.65. The average molecular weight is 295 g/mol. The molecule has 1 aromatic carbocycles. The topological polar surface area (TPSA) is 66.5 Å². The lowest BCUT2D eigenvalue weighted by Crippen LogP contribution is -2.65. The molecule has 5 nitrogen and oxygen atoms in total. The third-order valence-corrected chi connectivity index (χ3v) is 3.94. The fraction of sp³-hybridized carbons (Fsp3) is 0.357. The molecular weight excluding hydrogens is 280 g/mol. The van der Waals surface area contributed by atoms with Gasteiger partial charge in [-0.3, -0.25) is 19.7 Å². The van der Waals surface area contributed by atoms with Gasteiger partial charge in [0.05, 0.1) is 0 Å². The maximum absolute atomic E-state index is 12.6. The van der Waals surface area contributed by atoms with Crippen molar-refractivity contribution in [1.82, 2.24) is 10.2 Å². The minimum absolute atomic E-state index is 0.149. The molecule has 0 aromatic heterocycles. The number of halogens is 1. The summed E-state index contributed by atoms with van der Waals surface area (Å²) in [5.74, 6) is -1.35. The number of carbonyl (C=O) groups excluding carboxylic acids is 3. The number of amides is 3. The number of benzene rings is 1. The van der Waals surface area contributed by atoms with Gasteiger partial charge in [-0.05, 0) is 38.5 Å². The van der Waals surface area contributed by atoms with Crippen LogP contribution in [0.5, 0.6) is 0 Å². The van der Waals surface area contributed by atoms with E-state index in [2.05, 4.69) is 5.32 Å². The second-order valence-electron chi connectivity index (χ2n) is 5.24. The minimum atomic E-state index is -1.08. The van der Waals surface area contributed by atoms with Crippen LogP contribution in [0.2, 0.25) is 5.02 Å². The second kappa shape index (κ2) is 4.90. The summed E-state index contributed by atoms with van der Waals surface area (Å²) in [5, 5.41) is 2.71. The van der Waals surface area contributed by atoms with Gasteiger partial charge in [-0.1, -0.05) is 17.7 Å². The van der Waals surface area contributed by atoms with Gasteiger partial charge in [0, 0.05) is 10.6 Å². The van der Waals surface area contributed by atoms with Crippen LogP contribution >= 0.6 is 11.6 Å². The van der Waals surface area contributed by atoms with Crippen molar-refractivity contribution in [3.8, 4) is 0 Å². The van der Waals surface area contributed by atoms with E-state index in [-0.39, 0.29) is 12.5 Å². The van der Waals surface area contributed by atoms with Gasteiger partial charge in [-0.25, -0.2) is 0 Å². The van der Waals surface area contributed by atoms with Gasteiger partial charge in [-0.2, -0.15) is 0 Å². The Labute approximate surface area is 121 Å². The highest BCUT2D eigenvalue weighted by atomic mass is 35.5. The molecule has 3 amide bonds. The normalized spacial score (nSPS) is 17.9. The Balaban J connectivity index is 2.43. The molecule has 1 saturated heterocycles. The number of hydrogen-bond acceptors (Lipinski definition) is 3. The Hall–Kier alpha value is -1.88. The molecule has 0 radical (unpaired) electrons. The van der Waals surface area contributed by atoms with Crippen LogP contribution in [0.15, 0.2) is 18.2 Å². The van der Waals surface area contributed by atoms with Crippen LogP contribution in [0.4, 0.5) is 0 Å². The van der Waals surface area contributed by atoms with Crippen LogP contribution in [0, 0.1) is 6.92 Å². The van der Waals surface area contributed by atoms with E-state index in [1.807, 2.05) is 0 Å². The van der Waals surface area contributed by atoms with E-state index in [1.54, 1.807) is 39.0 Å². The quantitative estimate of drug-likeness (QED) is 0.799. The van der Waals surface area contributed by atoms with Gasteiger partial charge in [0.1, 0.15) is 12.1 Å². The van der Waals surface area contributed by atoms with Gasteiger partial charge in [-0.15, -0.1) is 0 Å². The molecular formula is C14H15ClN2O3. The molecule has 1 fully saturated rings. The highest BCUT2D eigenvalue weighted by molar-refractivity contribution is 6.31. The summed E-state index contributed by atoms with van der Waals surface area (Å²) in [6.45, 7) is 4.79. The van der Waals surface area contributed by atoms with E-state index < -0.39 is 17.4 Å². The van der Waals surface area contributed by atoms with Crippen LogP contribution < -0.4 is 5.32 Å². The number of piperazine rings is 1. The number of carbonyl (C=O) groups is 3. The van der Waals surface area contributed by atoms with E-state index in [4.69, 9.17) is 11.6 Å². The zero-order chi connectivity index (χ0) is 15.1. The Morgan fingerprint density at radius 3 is 2.65 bits per heavy atom. The number of rotatable bonds is 1. The van der Waals surface area contributed by atoms with Gasteiger partial charge in [0.2, 0.25) is 5.91 Å². The molecule has 0 saturated carbocycles. The summed E-state index contributed by atoms with van der Waals surface area (Å²) in [5.41, 5.74) is -0.0544. The summed E-state index contributed by atoms with van der Waals surface area (Å²) in [6, 6.07) is 4.99. The summed E-state index contributed by atoms with van der Waals surface area (Å²) in [4.78, 5) is 37.3. The number of hydrogen-bond donors (Lipinski definition) is 1. The summed E-state index contributed by atoms with van der Waals surface area (Å²) < 4.78 is 0. The standard InChI is InChI=1S/C14H15ClN2O3/c1-8-9(5-4-6-10(8)15)12(19)17-7-11(18)16-13(20)14(17,2)3/h4-6H,7H2,1-3H3,(H,16,18,20). The Kier molecular flexibility index (Phi) is 3.56. The zero-order valence-corrected chi connectivity index (χ0v) is 12.2. The SMILES string of the molecule is Cc1c(Cl)cccc1C(=O)N1CC(=O)NC(=O)C1(C)C. The monoisotopic (exact) mass is 294 g/mol. The first-order valence-corrected chi connectivity index (χ1v) is 6.54. The van der Waals surface area contributed by atoms with Gasteiger partial charge >= 0.3 is 0 Å². The first-order chi connectivity index (χ1) is 9.25. The molecule has 0 atom stereocenters. The van der Waals surface area contributed by atoms with Crippen molar-refractivity contribution in [3.05, 3.63) is 34.3 Å². The third kappa shape index (κ3) is 2.29. The van der Waals surface area contributed by atoms with E-state index in [0.29, 0.717) is 16.1 Å². The summed E-state index contributed by atoms with van der Waals surface area (Å²) >= 11 is 6.01. The van der Waals surface area contributed by atoms with Crippen LogP contribution in [0.1, 0.15) is 29.8 Å². The van der Waals surface area contributed by atoms with Crippen LogP contribution in [-0.2, 0) is 9.59 Å². The number of imide groups is 1. The number of nitrogens with zero attached hydrogens (tertiary/aromatic N) is 1. The van der Waals surface area contributed by atoms with Crippen molar-refractivity contribution in [2.24, 2.45) is 0 Å². The molecule has 0 unspecified atom stereocenters. The summed E-state index contributed by atoms with van der Waals surface area (Å²) in [6.07, 6.45) is 0. The van der Waals surface area contributed by atoms with E-state index in [1.165, 1.54) is 4.90 Å². The Morgan fingerprint density at radius 2 is 2.00 bits per heavy atom. The Bertz CT molecular complexity index is 610. The van der Waals surface area contributed by atoms with Crippen molar-refractivity contribution in [2.45, 2.75) is 26.3 Å². The molecule has 0 aliphatic carbocycles. The van der Waals surface area contributed by atoms with Gasteiger partial charge in [0.25, 0.3) is 11.8 Å². The van der Waals surface area contributed by atoms with Crippen LogP contribution in [0.3, 0.4) is 0 Å². The maximum Gasteiger partial charge on any atom is 0.255 e. The molecule has 1 N–H and O–H groups in total. The minimum Gasteiger partial charge on any atom is -0.315 e. The molecule has 0 bridgehead atoms. The molecule has 1 aliphatic heterocycles. The molecule has 1 aromatic rings. The molecule has 20 heavy (non-hydrogen) atoms. The predicted molar refractivity (Wildman–Crippen MR) is 74.5 cm³/mol. The predicted octanol–water partition coefficient (Wildman–Crippen LogP) is 1.53. The van der Waals surface area contributed by atoms with Crippen molar-refractivity contribution < 1.29 is 14.4 Å².